The van der Waals surface area contributed by atoms with Crippen molar-refractivity contribution in [3.8, 4) is 0 Å². The number of hydrogen-bond acceptors (Lipinski definition) is 6. The van der Waals surface area contributed by atoms with Crippen molar-refractivity contribution in [2.75, 3.05) is 17.7 Å². The lowest BCUT2D eigenvalue weighted by atomic mass is 10.2. The van der Waals surface area contributed by atoms with Gasteiger partial charge in [0.15, 0.2) is 0 Å². The third-order valence-electron chi connectivity index (χ3n) is 3.16. The monoisotopic (exact) mass is 251 g/mol. The Kier molecular flexibility index (Phi) is 3.59. The quantitative estimate of drug-likeness (QED) is 0.628. The molecule has 0 spiro atoms. The van der Waals surface area contributed by atoms with Gasteiger partial charge in [-0.05, 0) is 19.8 Å². The summed E-state index contributed by atoms with van der Waals surface area (Å²) in [4.78, 5) is 18.9. The van der Waals surface area contributed by atoms with E-state index < -0.39 is 4.92 Å². The SMILES string of the molecule is CNc1nc(C)c([N+](=O)[O-])c(NC2CCCC2)n1. The zero-order valence-corrected chi connectivity index (χ0v) is 10.6. The Morgan fingerprint density at radius 1 is 1.33 bits per heavy atom. The van der Waals surface area contributed by atoms with E-state index in [1.807, 2.05) is 0 Å². The molecule has 0 atom stereocenters. The molecule has 1 fully saturated rings. The highest BCUT2D eigenvalue weighted by atomic mass is 16.6. The summed E-state index contributed by atoms with van der Waals surface area (Å²) in [5, 5.41) is 17.1. The Morgan fingerprint density at radius 2 is 2.00 bits per heavy atom. The summed E-state index contributed by atoms with van der Waals surface area (Å²) in [6, 6.07) is 0.280. The van der Waals surface area contributed by atoms with Gasteiger partial charge in [0, 0.05) is 13.1 Å². The van der Waals surface area contributed by atoms with Crippen LogP contribution in [-0.4, -0.2) is 28.0 Å². The lowest BCUT2D eigenvalue weighted by Gasteiger charge is -2.14. The van der Waals surface area contributed by atoms with Crippen molar-refractivity contribution < 1.29 is 4.92 Å². The third-order valence-corrected chi connectivity index (χ3v) is 3.16. The van der Waals surface area contributed by atoms with Crippen molar-refractivity contribution >= 4 is 17.5 Å². The number of nitrogens with one attached hydrogen (secondary N) is 2. The first-order chi connectivity index (χ1) is 8.61. The summed E-state index contributed by atoms with van der Waals surface area (Å²) in [7, 11) is 1.69. The number of rotatable bonds is 4. The van der Waals surface area contributed by atoms with Gasteiger partial charge in [0.2, 0.25) is 11.8 Å². The Hall–Kier alpha value is -1.92. The van der Waals surface area contributed by atoms with Crippen molar-refractivity contribution in [2.45, 2.75) is 38.6 Å². The summed E-state index contributed by atoms with van der Waals surface area (Å²) in [5.41, 5.74) is 0.348. The molecule has 1 aliphatic carbocycles. The van der Waals surface area contributed by atoms with Gasteiger partial charge < -0.3 is 10.6 Å². The Bertz CT molecular complexity index is 457. The van der Waals surface area contributed by atoms with E-state index in [1.165, 1.54) is 0 Å². The number of anilines is 2. The zero-order chi connectivity index (χ0) is 13.1. The van der Waals surface area contributed by atoms with Crippen LogP contribution in [0.1, 0.15) is 31.4 Å². The number of aryl methyl sites for hydroxylation is 1. The highest BCUT2D eigenvalue weighted by Crippen LogP contribution is 2.29. The molecule has 0 aliphatic heterocycles. The van der Waals surface area contributed by atoms with Gasteiger partial charge in [0.1, 0.15) is 5.69 Å². The third kappa shape index (κ3) is 2.49. The van der Waals surface area contributed by atoms with Gasteiger partial charge in [0.05, 0.1) is 4.92 Å². The Balaban J connectivity index is 2.34. The van der Waals surface area contributed by atoms with E-state index >= 15 is 0 Å². The molecule has 1 aromatic rings. The number of hydrogen-bond donors (Lipinski definition) is 2. The molecule has 7 heteroatoms. The van der Waals surface area contributed by atoms with Gasteiger partial charge in [-0.1, -0.05) is 12.8 Å². The average molecular weight is 251 g/mol. The largest absolute Gasteiger partial charge is 0.361 e. The van der Waals surface area contributed by atoms with E-state index in [1.54, 1.807) is 14.0 Å². The van der Waals surface area contributed by atoms with E-state index in [4.69, 9.17) is 0 Å². The van der Waals surface area contributed by atoms with Crippen molar-refractivity contribution in [1.29, 1.82) is 0 Å². The van der Waals surface area contributed by atoms with E-state index in [0.717, 1.165) is 25.7 Å². The maximum absolute atomic E-state index is 11.1. The molecule has 2 rings (SSSR count). The number of nitro groups is 1. The van der Waals surface area contributed by atoms with Gasteiger partial charge in [-0.2, -0.15) is 4.98 Å². The van der Waals surface area contributed by atoms with E-state index in [2.05, 4.69) is 20.6 Å². The fraction of sp³-hybridized carbons (Fsp3) is 0.636. The summed E-state index contributed by atoms with van der Waals surface area (Å²) >= 11 is 0. The van der Waals surface area contributed by atoms with E-state index in [-0.39, 0.29) is 11.7 Å². The topological polar surface area (TPSA) is 93.0 Å². The highest BCUT2D eigenvalue weighted by Gasteiger charge is 2.25. The normalized spacial score (nSPS) is 15.7. The molecule has 98 valence electrons. The van der Waals surface area contributed by atoms with Gasteiger partial charge in [-0.15, -0.1) is 0 Å². The Morgan fingerprint density at radius 3 is 2.56 bits per heavy atom. The summed E-state index contributed by atoms with van der Waals surface area (Å²) < 4.78 is 0. The maximum Gasteiger partial charge on any atom is 0.332 e. The van der Waals surface area contributed by atoms with Crippen LogP contribution in [0.3, 0.4) is 0 Å². The van der Waals surface area contributed by atoms with E-state index in [0.29, 0.717) is 17.5 Å². The lowest BCUT2D eigenvalue weighted by Crippen LogP contribution is -2.18. The molecule has 0 radical (unpaired) electrons. The molecule has 1 heterocycles. The van der Waals surface area contributed by atoms with Crippen molar-refractivity contribution in [3.63, 3.8) is 0 Å². The molecule has 0 bridgehead atoms. The molecule has 0 unspecified atom stereocenters. The molecule has 1 saturated carbocycles. The van der Waals surface area contributed by atoms with Crippen LogP contribution in [0.4, 0.5) is 17.5 Å². The van der Waals surface area contributed by atoms with Crippen LogP contribution in [0.5, 0.6) is 0 Å². The molecule has 0 amide bonds. The maximum atomic E-state index is 11.1. The second kappa shape index (κ2) is 5.16. The summed E-state index contributed by atoms with van der Waals surface area (Å²) in [6.45, 7) is 1.63. The van der Waals surface area contributed by atoms with Crippen LogP contribution in [0, 0.1) is 17.0 Å². The molecule has 1 aromatic heterocycles. The molecule has 2 N–H and O–H groups in total. The fourth-order valence-electron chi connectivity index (χ4n) is 2.26. The van der Waals surface area contributed by atoms with Crippen molar-refractivity contribution in [2.24, 2.45) is 0 Å². The number of aromatic nitrogens is 2. The molecular formula is C11H17N5O2. The minimum atomic E-state index is -0.425. The minimum Gasteiger partial charge on any atom is -0.361 e. The second-order valence-corrected chi connectivity index (χ2v) is 4.46. The number of nitrogens with zero attached hydrogens (tertiary/aromatic N) is 3. The van der Waals surface area contributed by atoms with Crippen LogP contribution >= 0.6 is 0 Å². The van der Waals surface area contributed by atoms with Gasteiger partial charge >= 0.3 is 5.69 Å². The molecule has 18 heavy (non-hydrogen) atoms. The molecule has 0 aromatic carbocycles. The standard InChI is InChI=1S/C11H17N5O2/c1-7-9(16(17)18)10(15-11(12-2)13-7)14-8-5-3-4-6-8/h8H,3-6H2,1-2H3,(H2,12,13,14,15). The van der Waals surface area contributed by atoms with E-state index in [9.17, 15) is 10.1 Å². The predicted molar refractivity (Wildman–Crippen MR) is 68.8 cm³/mol. The van der Waals surface area contributed by atoms with Gasteiger partial charge in [-0.3, -0.25) is 10.1 Å². The minimum absolute atomic E-state index is 0.0269. The van der Waals surface area contributed by atoms with Crippen molar-refractivity contribution in [3.05, 3.63) is 15.8 Å². The first kappa shape index (κ1) is 12.5. The molecule has 1 aliphatic rings. The van der Waals surface area contributed by atoms with Crippen LogP contribution in [-0.2, 0) is 0 Å². The summed E-state index contributed by atoms with van der Waals surface area (Å²) in [5.74, 6) is 0.724. The van der Waals surface area contributed by atoms with Crippen LogP contribution in [0.25, 0.3) is 0 Å². The first-order valence-corrected chi connectivity index (χ1v) is 6.09. The molecular weight excluding hydrogens is 234 g/mol. The smallest absolute Gasteiger partial charge is 0.332 e. The van der Waals surface area contributed by atoms with Crippen LogP contribution in [0.2, 0.25) is 0 Å². The highest BCUT2D eigenvalue weighted by molar-refractivity contribution is 5.61. The van der Waals surface area contributed by atoms with Crippen molar-refractivity contribution in [1.82, 2.24) is 9.97 Å². The Labute approximate surface area is 105 Å². The lowest BCUT2D eigenvalue weighted by molar-refractivity contribution is -0.385. The van der Waals surface area contributed by atoms with Gasteiger partial charge in [0.25, 0.3) is 0 Å². The van der Waals surface area contributed by atoms with Crippen LogP contribution in [0.15, 0.2) is 0 Å². The van der Waals surface area contributed by atoms with Gasteiger partial charge in [-0.25, -0.2) is 4.98 Å². The first-order valence-electron chi connectivity index (χ1n) is 6.09. The second-order valence-electron chi connectivity index (χ2n) is 4.46. The molecule has 7 nitrogen and oxygen atoms in total. The summed E-state index contributed by atoms with van der Waals surface area (Å²) in [6.07, 6.45) is 4.40. The average Bonchev–Trinajstić information content (AvgIpc) is 2.80. The molecule has 0 saturated heterocycles. The van der Waals surface area contributed by atoms with Crippen LogP contribution < -0.4 is 10.6 Å². The fourth-order valence-corrected chi connectivity index (χ4v) is 2.26. The predicted octanol–water partition coefficient (Wildman–Crippen LogP) is 2.09. The zero-order valence-electron chi connectivity index (χ0n) is 10.6.